The highest BCUT2D eigenvalue weighted by atomic mass is 127. The second-order valence-corrected chi connectivity index (χ2v) is 3.18. The lowest BCUT2D eigenvalue weighted by atomic mass is 10.1. The van der Waals surface area contributed by atoms with E-state index < -0.39 is 0 Å². The number of halogens is 1. The highest BCUT2D eigenvalue weighted by Gasteiger charge is 1.98. The van der Waals surface area contributed by atoms with E-state index in [1.165, 1.54) is 19.3 Å². The lowest BCUT2D eigenvalue weighted by Gasteiger charge is -2.03. The molecule has 1 nitrogen and oxygen atoms in total. The average molecular weight is 242 g/mol. The van der Waals surface area contributed by atoms with Crippen molar-refractivity contribution >= 4 is 22.6 Å². The zero-order chi connectivity index (χ0) is 7.11. The molecule has 0 aliphatic rings. The molecule has 0 aromatic rings. The van der Waals surface area contributed by atoms with E-state index in [0.29, 0.717) is 0 Å². The maximum Gasteiger partial charge on any atom is 0.0629 e. The summed E-state index contributed by atoms with van der Waals surface area (Å²) in [6.07, 6.45) is 4.61. The summed E-state index contributed by atoms with van der Waals surface area (Å²) in [5.74, 6) is 0. The van der Waals surface area contributed by atoms with E-state index in [-0.39, 0.29) is 6.10 Å². The average Bonchev–Trinajstić information content (AvgIpc) is 1.89. The molecule has 0 saturated carbocycles. The largest absolute Gasteiger partial charge is 0.392 e. The number of aliphatic hydroxyl groups is 1. The van der Waals surface area contributed by atoms with E-state index in [4.69, 9.17) is 5.11 Å². The molecule has 0 aromatic carbocycles. The van der Waals surface area contributed by atoms with E-state index in [0.717, 1.165) is 10.8 Å². The van der Waals surface area contributed by atoms with Crippen molar-refractivity contribution in [3.05, 3.63) is 0 Å². The molecule has 0 bridgehead atoms. The van der Waals surface area contributed by atoms with Crippen LogP contribution in [0.4, 0.5) is 0 Å². The summed E-state index contributed by atoms with van der Waals surface area (Å²) in [5.41, 5.74) is 0. The van der Waals surface area contributed by atoms with Gasteiger partial charge in [0, 0.05) is 4.43 Å². The predicted octanol–water partition coefficient (Wildman–Crippen LogP) is 2.36. The molecule has 0 heterocycles. The first-order valence-electron chi connectivity index (χ1n) is 3.55. The van der Waals surface area contributed by atoms with Crippen LogP contribution in [0, 0.1) is 0 Å². The van der Waals surface area contributed by atoms with Gasteiger partial charge < -0.3 is 5.11 Å². The van der Waals surface area contributed by atoms with Gasteiger partial charge in [-0.15, -0.1) is 0 Å². The Kier molecular flexibility index (Phi) is 7.33. The number of unbranched alkanes of at least 4 members (excludes halogenated alkanes) is 2. The Labute approximate surface area is 71.0 Å². The normalized spacial score (nSPS) is 13.7. The molecular weight excluding hydrogens is 227 g/mol. The molecule has 0 aromatic heterocycles. The van der Waals surface area contributed by atoms with Gasteiger partial charge in [0.25, 0.3) is 0 Å². The molecule has 0 radical (unpaired) electrons. The molecule has 56 valence electrons. The van der Waals surface area contributed by atoms with Crippen molar-refractivity contribution in [2.45, 2.75) is 38.7 Å². The minimum absolute atomic E-state index is 0.0582. The number of hydrogen-bond donors (Lipinski definition) is 1. The summed E-state index contributed by atoms with van der Waals surface area (Å²) in [7, 11) is 0. The van der Waals surface area contributed by atoms with Crippen LogP contribution in [0.5, 0.6) is 0 Å². The van der Waals surface area contributed by atoms with E-state index in [1.54, 1.807) is 0 Å². The second-order valence-electron chi connectivity index (χ2n) is 2.30. The van der Waals surface area contributed by atoms with Gasteiger partial charge in [-0.2, -0.15) is 0 Å². The Balaban J connectivity index is 2.88. The number of hydrogen-bond acceptors (Lipinski definition) is 1. The van der Waals surface area contributed by atoms with Crippen LogP contribution in [0.25, 0.3) is 0 Å². The van der Waals surface area contributed by atoms with Gasteiger partial charge in [-0.25, -0.2) is 0 Å². The van der Waals surface area contributed by atoms with Crippen LogP contribution in [0.2, 0.25) is 0 Å². The number of alkyl halides is 1. The quantitative estimate of drug-likeness (QED) is 0.445. The van der Waals surface area contributed by atoms with Crippen molar-refractivity contribution in [3.8, 4) is 0 Å². The van der Waals surface area contributed by atoms with Gasteiger partial charge in [-0.05, 0) is 6.42 Å². The smallest absolute Gasteiger partial charge is 0.0629 e. The van der Waals surface area contributed by atoms with Gasteiger partial charge in [-0.1, -0.05) is 48.8 Å². The zero-order valence-electron chi connectivity index (χ0n) is 5.94. The third kappa shape index (κ3) is 6.58. The Hall–Kier alpha value is 0.690. The summed E-state index contributed by atoms with van der Waals surface area (Å²) in [6.45, 7) is 2.18. The molecule has 1 unspecified atom stereocenters. The summed E-state index contributed by atoms with van der Waals surface area (Å²) in [5, 5.41) is 9.08. The molecule has 0 aliphatic heterocycles. The molecule has 1 N–H and O–H groups in total. The lowest BCUT2D eigenvalue weighted by Crippen LogP contribution is -2.06. The van der Waals surface area contributed by atoms with E-state index >= 15 is 0 Å². The van der Waals surface area contributed by atoms with E-state index in [9.17, 15) is 0 Å². The molecule has 0 spiro atoms. The molecular formula is C7H15IO. The highest BCUT2D eigenvalue weighted by molar-refractivity contribution is 14.1. The highest BCUT2D eigenvalue weighted by Crippen LogP contribution is 2.04. The Bertz CT molecular complexity index is 56.9. The second kappa shape index (κ2) is 6.81. The molecule has 0 fully saturated rings. The van der Waals surface area contributed by atoms with Gasteiger partial charge in [0.15, 0.2) is 0 Å². The molecule has 2 heteroatoms. The molecule has 0 saturated heterocycles. The van der Waals surface area contributed by atoms with E-state index in [1.807, 2.05) is 0 Å². The third-order valence-corrected chi connectivity index (χ3v) is 2.34. The fraction of sp³-hybridized carbons (Fsp3) is 1.00. The van der Waals surface area contributed by atoms with Crippen LogP contribution in [-0.4, -0.2) is 15.6 Å². The maximum atomic E-state index is 9.08. The SMILES string of the molecule is CCCCCC(O)CI. The van der Waals surface area contributed by atoms with Gasteiger partial charge in [-0.3, -0.25) is 0 Å². The van der Waals surface area contributed by atoms with Crippen molar-refractivity contribution in [2.75, 3.05) is 4.43 Å². The molecule has 0 amide bonds. The Morgan fingerprint density at radius 1 is 1.44 bits per heavy atom. The van der Waals surface area contributed by atoms with Crippen molar-refractivity contribution in [1.29, 1.82) is 0 Å². The monoisotopic (exact) mass is 242 g/mol. The molecule has 0 aliphatic carbocycles. The molecule has 0 rings (SSSR count). The predicted molar refractivity (Wildman–Crippen MR) is 49.0 cm³/mol. The van der Waals surface area contributed by atoms with Crippen LogP contribution in [0.3, 0.4) is 0 Å². The topological polar surface area (TPSA) is 20.2 Å². The van der Waals surface area contributed by atoms with Crippen molar-refractivity contribution in [2.24, 2.45) is 0 Å². The van der Waals surface area contributed by atoms with Gasteiger partial charge in [0.05, 0.1) is 6.10 Å². The Morgan fingerprint density at radius 2 is 2.11 bits per heavy atom. The summed E-state index contributed by atoms with van der Waals surface area (Å²) in [4.78, 5) is 0. The third-order valence-electron chi connectivity index (χ3n) is 1.32. The van der Waals surface area contributed by atoms with Crippen LogP contribution in [-0.2, 0) is 0 Å². The minimum Gasteiger partial charge on any atom is -0.392 e. The summed E-state index contributed by atoms with van der Waals surface area (Å²) >= 11 is 2.22. The van der Waals surface area contributed by atoms with Crippen LogP contribution < -0.4 is 0 Å². The van der Waals surface area contributed by atoms with Crippen molar-refractivity contribution in [1.82, 2.24) is 0 Å². The van der Waals surface area contributed by atoms with Crippen molar-refractivity contribution in [3.63, 3.8) is 0 Å². The maximum absolute atomic E-state index is 9.08. The van der Waals surface area contributed by atoms with Crippen LogP contribution in [0.1, 0.15) is 32.6 Å². The first kappa shape index (κ1) is 9.69. The van der Waals surface area contributed by atoms with Gasteiger partial charge in [0.2, 0.25) is 0 Å². The Morgan fingerprint density at radius 3 is 2.56 bits per heavy atom. The standard InChI is InChI=1S/C7H15IO/c1-2-3-4-5-7(9)6-8/h7,9H,2-6H2,1H3. The fourth-order valence-corrected chi connectivity index (χ4v) is 1.15. The number of aliphatic hydroxyl groups excluding tert-OH is 1. The molecule has 9 heavy (non-hydrogen) atoms. The van der Waals surface area contributed by atoms with E-state index in [2.05, 4.69) is 29.5 Å². The lowest BCUT2D eigenvalue weighted by molar-refractivity contribution is 0.188. The fourth-order valence-electron chi connectivity index (χ4n) is 0.707. The summed E-state index contributed by atoms with van der Waals surface area (Å²) in [6, 6.07) is 0. The summed E-state index contributed by atoms with van der Waals surface area (Å²) < 4.78 is 0.876. The zero-order valence-corrected chi connectivity index (χ0v) is 8.10. The first-order chi connectivity index (χ1) is 4.31. The van der Waals surface area contributed by atoms with Crippen molar-refractivity contribution < 1.29 is 5.11 Å². The van der Waals surface area contributed by atoms with Crippen LogP contribution in [0.15, 0.2) is 0 Å². The van der Waals surface area contributed by atoms with Crippen LogP contribution >= 0.6 is 22.6 Å². The number of rotatable bonds is 5. The van der Waals surface area contributed by atoms with Gasteiger partial charge >= 0.3 is 0 Å². The van der Waals surface area contributed by atoms with Gasteiger partial charge in [0.1, 0.15) is 0 Å². The first-order valence-corrected chi connectivity index (χ1v) is 5.07. The molecule has 1 atom stereocenters. The minimum atomic E-state index is -0.0582.